The van der Waals surface area contributed by atoms with Gasteiger partial charge >= 0.3 is 0 Å². The zero-order valence-electron chi connectivity index (χ0n) is 11.4. The van der Waals surface area contributed by atoms with E-state index in [4.69, 9.17) is 5.73 Å². The first-order chi connectivity index (χ1) is 8.58. The quantitative estimate of drug-likeness (QED) is 0.840. The van der Waals surface area contributed by atoms with Gasteiger partial charge in [0, 0.05) is 32.9 Å². The maximum Gasteiger partial charge on any atom is 0.257 e. The number of hydrogen-bond donors (Lipinski definition) is 1. The Balaban J connectivity index is 2.18. The second-order valence-corrected chi connectivity index (χ2v) is 5.07. The molecular formula is C13H22N4O. The summed E-state index contributed by atoms with van der Waals surface area (Å²) in [6.07, 6.45) is 4.95. The number of rotatable bonds is 5. The highest BCUT2D eigenvalue weighted by Gasteiger charge is 2.35. The minimum Gasteiger partial charge on any atom is -0.337 e. The molecule has 5 heteroatoms. The van der Waals surface area contributed by atoms with Gasteiger partial charge in [0.1, 0.15) is 0 Å². The molecule has 0 spiro atoms. The molecule has 0 saturated heterocycles. The standard InChI is InChI=1S/C13H22N4O/c1-4-11-10(8-16(2)15-11)13(18)17(3)12(7-14)9-5-6-9/h8-9,12H,4-7,14H2,1-3H3. The van der Waals surface area contributed by atoms with Crippen molar-refractivity contribution in [2.75, 3.05) is 13.6 Å². The van der Waals surface area contributed by atoms with Crippen LogP contribution in [0.3, 0.4) is 0 Å². The maximum atomic E-state index is 12.5. The van der Waals surface area contributed by atoms with Crippen LogP contribution in [0.1, 0.15) is 35.8 Å². The van der Waals surface area contributed by atoms with Gasteiger partial charge in [-0.15, -0.1) is 0 Å². The summed E-state index contributed by atoms with van der Waals surface area (Å²) < 4.78 is 1.70. The molecule has 1 saturated carbocycles. The lowest BCUT2D eigenvalue weighted by molar-refractivity contribution is 0.0717. The average molecular weight is 250 g/mol. The maximum absolute atomic E-state index is 12.5. The molecule has 1 aliphatic rings. The smallest absolute Gasteiger partial charge is 0.257 e. The number of carbonyl (C=O) groups is 1. The van der Waals surface area contributed by atoms with Crippen molar-refractivity contribution in [3.8, 4) is 0 Å². The summed E-state index contributed by atoms with van der Waals surface area (Å²) >= 11 is 0. The van der Waals surface area contributed by atoms with Gasteiger partial charge < -0.3 is 10.6 Å². The lowest BCUT2D eigenvalue weighted by atomic mass is 10.1. The van der Waals surface area contributed by atoms with Crippen LogP contribution in [-0.4, -0.2) is 40.2 Å². The van der Waals surface area contributed by atoms with Gasteiger partial charge in [0.2, 0.25) is 0 Å². The largest absolute Gasteiger partial charge is 0.337 e. The summed E-state index contributed by atoms with van der Waals surface area (Å²) in [5, 5.41) is 4.32. The second-order valence-electron chi connectivity index (χ2n) is 5.07. The SMILES string of the molecule is CCc1nn(C)cc1C(=O)N(C)C(CN)C1CC1. The van der Waals surface area contributed by atoms with E-state index in [0.717, 1.165) is 12.1 Å². The van der Waals surface area contributed by atoms with Crippen LogP contribution in [0.2, 0.25) is 0 Å². The molecule has 1 aromatic rings. The fraction of sp³-hybridized carbons (Fsp3) is 0.692. The summed E-state index contributed by atoms with van der Waals surface area (Å²) in [5.74, 6) is 0.632. The number of likely N-dealkylation sites (N-methyl/N-ethyl adjacent to an activating group) is 1. The molecule has 1 aromatic heterocycles. The number of aryl methyl sites for hydroxylation is 2. The summed E-state index contributed by atoms with van der Waals surface area (Å²) in [5.41, 5.74) is 7.36. The Morgan fingerprint density at radius 3 is 2.83 bits per heavy atom. The van der Waals surface area contributed by atoms with E-state index < -0.39 is 0 Å². The van der Waals surface area contributed by atoms with Gasteiger partial charge in [-0.05, 0) is 25.2 Å². The Bertz CT molecular complexity index is 436. The van der Waals surface area contributed by atoms with Crippen molar-refractivity contribution in [3.05, 3.63) is 17.5 Å². The fourth-order valence-corrected chi connectivity index (χ4v) is 2.46. The topological polar surface area (TPSA) is 64.2 Å². The molecule has 0 aliphatic heterocycles. The van der Waals surface area contributed by atoms with Crippen LogP contribution >= 0.6 is 0 Å². The Hall–Kier alpha value is -1.36. The lowest BCUT2D eigenvalue weighted by Gasteiger charge is -2.27. The monoisotopic (exact) mass is 250 g/mol. The van der Waals surface area contributed by atoms with Crippen molar-refractivity contribution in [3.63, 3.8) is 0 Å². The molecule has 0 bridgehead atoms. The summed E-state index contributed by atoms with van der Waals surface area (Å²) in [6, 6.07) is 0.169. The molecule has 1 unspecified atom stereocenters. The van der Waals surface area contributed by atoms with Crippen molar-refractivity contribution in [2.45, 2.75) is 32.2 Å². The third kappa shape index (κ3) is 2.41. The molecule has 1 heterocycles. The first-order valence-electron chi connectivity index (χ1n) is 6.58. The van der Waals surface area contributed by atoms with Crippen molar-refractivity contribution >= 4 is 5.91 Å². The highest BCUT2D eigenvalue weighted by molar-refractivity contribution is 5.95. The van der Waals surface area contributed by atoms with Crippen LogP contribution in [0.4, 0.5) is 0 Å². The van der Waals surface area contributed by atoms with Gasteiger partial charge in [0.05, 0.1) is 11.3 Å². The van der Waals surface area contributed by atoms with E-state index in [1.807, 2.05) is 21.0 Å². The number of nitrogens with two attached hydrogens (primary N) is 1. The van der Waals surface area contributed by atoms with Crippen LogP contribution in [0, 0.1) is 5.92 Å². The van der Waals surface area contributed by atoms with E-state index in [-0.39, 0.29) is 11.9 Å². The predicted octanol–water partition coefficient (Wildman–Crippen LogP) is 0.792. The lowest BCUT2D eigenvalue weighted by Crippen LogP contribution is -2.43. The van der Waals surface area contributed by atoms with E-state index in [1.54, 1.807) is 15.8 Å². The van der Waals surface area contributed by atoms with E-state index in [1.165, 1.54) is 12.8 Å². The molecule has 5 nitrogen and oxygen atoms in total. The molecule has 0 aromatic carbocycles. The highest BCUT2D eigenvalue weighted by atomic mass is 16.2. The van der Waals surface area contributed by atoms with Crippen molar-refractivity contribution in [2.24, 2.45) is 18.7 Å². The number of carbonyl (C=O) groups excluding carboxylic acids is 1. The van der Waals surface area contributed by atoms with Gasteiger partial charge in [-0.2, -0.15) is 5.10 Å². The van der Waals surface area contributed by atoms with Crippen molar-refractivity contribution in [1.29, 1.82) is 0 Å². The van der Waals surface area contributed by atoms with Gasteiger partial charge in [-0.3, -0.25) is 9.48 Å². The molecule has 1 amide bonds. The molecule has 0 radical (unpaired) electrons. The zero-order chi connectivity index (χ0) is 13.3. The Kier molecular flexibility index (Phi) is 3.71. The zero-order valence-corrected chi connectivity index (χ0v) is 11.4. The Morgan fingerprint density at radius 2 is 2.33 bits per heavy atom. The second kappa shape index (κ2) is 5.10. The fourth-order valence-electron chi connectivity index (χ4n) is 2.46. The summed E-state index contributed by atoms with van der Waals surface area (Å²) in [4.78, 5) is 14.3. The highest BCUT2D eigenvalue weighted by Crippen LogP contribution is 2.35. The van der Waals surface area contributed by atoms with Gasteiger partial charge in [-0.1, -0.05) is 6.92 Å². The molecule has 100 valence electrons. The van der Waals surface area contributed by atoms with E-state index >= 15 is 0 Å². The van der Waals surface area contributed by atoms with Crippen molar-refractivity contribution < 1.29 is 4.79 Å². The number of hydrogen-bond acceptors (Lipinski definition) is 3. The van der Waals surface area contributed by atoms with Crippen molar-refractivity contribution in [1.82, 2.24) is 14.7 Å². The number of nitrogens with zero attached hydrogens (tertiary/aromatic N) is 3. The van der Waals surface area contributed by atoms with Crippen LogP contribution in [-0.2, 0) is 13.5 Å². The van der Waals surface area contributed by atoms with Gasteiger partial charge in [0.15, 0.2) is 0 Å². The number of aromatic nitrogens is 2. The third-order valence-electron chi connectivity index (χ3n) is 3.70. The Morgan fingerprint density at radius 1 is 1.67 bits per heavy atom. The van der Waals surface area contributed by atoms with Crippen LogP contribution in [0.15, 0.2) is 6.20 Å². The summed E-state index contributed by atoms with van der Waals surface area (Å²) in [6.45, 7) is 2.55. The minimum atomic E-state index is 0.0438. The van der Waals surface area contributed by atoms with Gasteiger partial charge in [-0.25, -0.2) is 0 Å². The molecule has 1 aliphatic carbocycles. The van der Waals surface area contributed by atoms with Gasteiger partial charge in [0.25, 0.3) is 5.91 Å². The number of amides is 1. The van der Waals surface area contributed by atoms with Crippen LogP contribution in [0.25, 0.3) is 0 Å². The first-order valence-corrected chi connectivity index (χ1v) is 6.58. The third-order valence-corrected chi connectivity index (χ3v) is 3.70. The van der Waals surface area contributed by atoms with Crippen LogP contribution < -0.4 is 5.73 Å². The minimum absolute atomic E-state index is 0.0438. The molecule has 1 atom stereocenters. The van der Waals surface area contributed by atoms with Crippen LogP contribution in [0.5, 0.6) is 0 Å². The normalized spacial score (nSPS) is 16.7. The molecule has 18 heavy (non-hydrogen) atoms. The van der Waals surface area contributed by atoms with E-state index in [0.29, 0.717) is 18.0 Å². The molecule has 2 rings (SSSR count). The molecule has 1 fully saturated rings. The predicted molar refractivity (Wildman–Crippen MR) is 70.2 cm³/mol. The van der Waals surface area contributed by atoms with E-state index in [9.17, 15) is 4.79 Å². The van der Waals surface area contributed by atoms with E-state index in [2.05, 4.69) is 5.10 Å². The molecule has 2 N–H and O–H groups in total. The first kappa shape index (κ1) is 13.1. The molecular weight excluding hydrogens is 228 g/mol. The average Bonchev–Trinajstić information content (AvgIpc) is 3.11. The summed E-state index contributed by atoms with van der Waals surface area (Å²) in [7, 11) is 3.70. The Labute approximate surface area is 108 Å².